The van der Waals surface area contributed by atoms with Crippen LogP contribution in [0.1, 0.15) is 20.3 Å². The number of carbonyl (C=O) groups is 2. The Morgan fingerprint density at radius 1 is 1.20 bits per heavy atom. The number of cyclic esters (lactones) is 4. The van der Waals surface area contributed by atoms with Crippen molar-refractivity contribution in [2.45, 2.75) is 25.9 Å². The quantitative estimate of drug-likeness (QED) is 0.490. The SMILES string of the molecule is CCC1(C)COC(=O)OC(=O)OCCO1. The van der Waals surface area contributed by atoms with Crippen LogP contribution in [0.2, 0.25) is 0 Å². The van der Waals surface area contributed by atoms with E-state index >= 15 is 0 Å². The third kappa shape index (κ3) is 3.75. The highest BCUT2D eigenvalue weighted by Gasteiger charge is 2.27. The van der Waals surface area contributed by atoms with Crippen molar-refractivity contribution in [1.82, 2.24) is 0 Å². The van der Waals surface area contributed by atoms with Crippen LogP contribution < -0.4 is 0 Å². The average Bonchev–Trinajstić information content (AvgIpc) is 2.21. The summed E-state index contributed by atoms with van der Waals surface area (Å²) in [5.41, 5.74) is -0.567. The lowest BCUT2D eigenvalue weighted by Crippen LogP contribution is -2.37. The number of carbonyl (C=O) groups excluding carboxylic acids is 2. The van der Waals surface area contributed by atoms with Crippen molar-refractivity contribution >= 4 is 12.3 Å². The molecule has 6 heteroatoms. The van der Waals surface area contributed by atoms with Crippen molar-refractivity contribution in [2.75, 3.05) is 19.8 Å². The van der Waals surface area contributed by atoms with Crippen LogP contribution in [0.3, 0.4) is 0 Å². The van der Waals surface area contributed by atoms with E-state index in [0.717, 1.165) is 0 Å². The van der Waals surface area contributed by atoms with Crippen LogP contribution in [0.4, 0.5) is 9.59 Å². The van der Waals surface area contributed by atoms with Gasteiger partial charge in [0.05, 0.1) is 12.2 Å². The Hall–Kier alpha value is -1.30. The summed E-state index contributed by atoms with van der Waals surface area (Å²) in [7, 11) is 0. The van der Waals surface area contributed by atoms with Gasteiger partial charge in [-0.1, -0.05) is 6.92 Å². The molecule has 1 aliphatic heterocycles. The minimum atomic E-state index is -1.07. The minimum absolute atomic E-state index is 0.0512. The maximum atomic E-state index is 10.9. The van der Waals surface area contributed by atoms with E-state index in [9.17, 15) is 9.59 Å². The molecule has 0 aromatic rings. The normalized spacial score (nSPS) is 28.7. The monoisotopic (exact) mass is 218 g/mol. The maximum Gasteiger partial charge on any atom is 0.518 e. The summed E-state index contributed by atoms with van der Waals surface area (Å²) in [6.45, 7) is 4.07. The molecule has 1 fully saturated rings. The first-order valence-corrected chi connectivity index (χ1v) is 4.71. The standard InChI is InChI=1S/C9H14O6/c1-3-9(2)6-13-8(11)15-7(10)12-4-5-14-9/h3-6H2,1-2H3. The smallest absolute Gasteiger partial charge is 0.431 e. The first-order valence-electron chi connectivity index (χ1n) is 4.71. The van der Waals surface area contributed by atoms with Crippen LogP contribution in [0, 0.1) is 0 Å². The van der Waals surface area contributed by atoms with Crippen molar-refractivity contribution < 1.29 is 28.5 Å². The molecule has 0 aromatic heterocycles. The molecule has 0 bridgehead atoms. The van der Waals surface area contributed by atoms with E-state index in [1.54, 1.807) is 0 Å². The molecule has 0 amide bonds. The van der Waals surface area contributed by atoms with E-state index in [2.05, 4.69) is 9.47 Å². The molecule has 0 aromatic carbocycles. The van der Waals surface area contributed by atoms with Crippen LogP contribution in [-0.4, -0.2) is 37.7 Å². The molecule has 1 unspecified atom stereocenters. The van der Waals surface area contributed by atoms with E-state index < -0.39 is 17.9 Å². The lowest BCUT2D eigenvalue weighted by Gasteiger charge is -2.28. The van der Waals surface area contributed by atoms with Crippen LogP contribution in [0.15, 0.2) is 0 Å². The number of rotatable bonds is 1. The van der Waals surface area contributed by atoms with E-state index in [4.69, 9.17) is 9.47 Å². The predicted molar refractivity (Wildman–Crippen MR) is 48.4 cm³/mol. The van der Waals surface area contributed by atoms with Gasteiger partial charge in [-0.15, -0.1) is 0 Å². The topological polar surface area (TPSA) is 71.1 Å². The summed E-state index contributed by atoms with van der Waals surface area (Å²) in [5.74, 6) is 0. The zero-order valence-corrected chi connectivity index (χ0v) is 8.78. The lowest BCUT2D eigenvalue weighted by atomic mass is 10.1. The van der Waals surface area contributed by atoms with Gasteiger partial charge >= 0.3 is 12.3 Å². The second kappa shape index (κ2) is 4.97. The van der Waals surface area contributed by atoms with E-state index in [1.807, 2.05) is 13.8 Å². The number of ether oxygens (including phenoxy) is 4. The summed E-state index contributed by atoms with van der Waals surface area (Å²) in [6.07, 6.45) is -1.46. The van der Waals surface area contributed by atoms with Crippen molar-refractivity contribution in [3.63, 3.8) is 0 Å². The summed E-state index contributed by atoms with van der Waals surface area (Å²) < 4.78 is 18.9. The van der Waals surface area contributed by atoms with Gasteiger partial charge in [0.25, 0.3) is 0 Å². The summed E-state index contributed by atoms with van der Waals surface area (Å²) in [5, 5.41) is 0. The van der Waals surface area contributed by atoms with E-state index in [1.165, 1.54) is 0 Å². The van der Waals surface area contributed by atoms with Gasteiger partial charge in [0, 0.05) is 0 Å². The third-order valence-electron chi connectivity index (χ3n) is 2.16. The molecule has 15 heavy (non-hydrogen) atoms. The van der Waals surface area contributed by atoms with Crippen LogP contribution >= 0.6 is 0 Å². The zero-order chi connectivity index (χ0) is 11.3. The minimum Gasteiger partial charge on any atom is -0.431 e. The fourth-order valence-electron chi connectivity index (χ4n) is 0.997. The third-order valence-corrected chi connectivity index (χ3v) is 2.16. The molecule has 1 aliphatic rings. The summed E-state index contributed by atoms with van der Waals surface area (Å²) in [6, 6.07) is 0. The Kier molecular flexibility index (Phi) is 3.90. The molecule has 1 heterocycles. The van der Waals surface area contributed by atoms with Crippen molar-refractivity contribution in [2.24, 2.45) is 0 Å². The molecule has 0 N–H and O–H groups in total. The van der Waals surface area contributed by atoms with Crippen LogP contribution in [0.5, 0.6) is 0 Å². The van der Waals surface area contributed by atoms with Gasteiger partial charge in [-0.05, 0) is 13.3 Å². The molecule has 0 radical (unpaired) electrons. The highest BCUT2D eigenvalue weighted by atomic mass is 16.8. The maximum absolute atomic E-state index is 10.9. The second-order valence-corrected chi connectivity index (χ2v) is 3.39. The molecular weight excluding hydrogens is 204 g/mol. The van der Waals surface area contributed by atoms with Gasteiger partial charge in [-0.25, -0.2) is 9.59 Å². The molecule has 0 saturated carbocycles. The highest BCUT2D eigenvalue weighted by molar-refractivity contribution is 5.76. The van der Waals surface area contributed by atoms with E-state index in [-0.39, 0.29) is 19.8 Å². The lowest BCUT2D eigenvalue weighted by molar-refractivity contribution is -0.100. The Labute approximate surface area is 87.4 Å². The number of hydrogen-bond donors (Lipinski definition) is 0. The molecular formula is C9H14O6. The van der Waals surface area contributed by atoms with Gasteiger partial charge in [-0.2, -0.15) is 0 Å². The molecule has 0 spiro atoms. The Balaban J connectivity index is 2.57. The molecule has 6 nitrogen and oxygen atoms in total. The van der Waals surface area contributed by atoms with Gasteiger partial charge in [0.1, 0.15) is 13.2 Å². The fraction of sp³-hybridized carbons (Fsp3) is 0.778. The molecule has 1 saturated heterocycles. The average molecular weight is 218 g/mol. The van der Waals surface area contributed by atoms with Gasteiger partial charge in [0.2, 0.25) is 0 Å². The van der Waals surface area contributed by atoms with Crippen molar-refractivity contribution in [1.29, 1.82) is 0 Å². The van der Waals surface area contributed by atoms with Crippen molar-refractivity contribution in [3.8, 4) is 0 Å². The Morgan fingerprint density at radius 2 is 1.87 bits per heavy atom. The summed E-state index contributed by atoms with van der Waals surface area (Å²) >= 11 is 0. The molecule has 1 rings (SSSR count). The second-order valence-electron chi connectivity index (χ2n) is 3.39. The van der Waals surface area contributed by atoms with Gasteiger partial charge < -0.3 is 18.9 Å². The Bertz CT molecular complexity index is 251. The van der Waals surface area contributed by atoms with Gasteiger partial charge in [0.15, 0.2) is 0 Å². The van der Waals surface area contributed by atoms with Crippen molar-refractivity contribution in [3.05, 3.63) is 0 Å². The zero-order valence-electron chi connectivity index (χ0n) is 8.78. The first-order chi connectivity index (χ1) is 7.06. The number of hydrogen-bond acceptors (Lipinski definition) is 6. The van der Waals surface area contributed by atoms with Crippen LogP contribution in [0.25, 0.3) is 0 Å². The fourth-order valence-corrected chi connectivity index (χ4v) is 0.997. The molecule has 0 aliphatic carbocycles. The summed E-state index contributed by atoms with van der Waals surface area (Å²) in [4.78, 5) is 21.7. The largest absolute Gasteiger partial charge is 0.518 e. The molecule has 1 atom stereocenters. The van der Waals surface area contributed by atoms with Gasteiger partial charge in [-0.3, -0.25) is 0 Å². The highest BCUT2D eigenvalue weighted by Crippen LogP contribution is 2.16. The first kappa shape index (κ1) is 11.8. The Morgan fingerprint density at radius 3 is 2.53 bits per heavy atom. The molecule has 86 valence electrons. The van der Waals surface area contributed by atoms with E-state index in [0.29, 0.717) is 6.42 Å². The predicted octanol–water partition coefficient (Wildman–Crippen LogP) is 1.48. The van der Waals surface area contributed by atoms with Crippen LogP contribution in [-0.2, 0) is 18.9 Å².